The number of rotatable bonds is 5. The Morgan fingerprint density at radius 2 is 2.06 bits per heavy atom. The van der Waals surface area contributed by atoms with Gasteiger partial charge in [-0.05, 0) is 31.4 Å². The van der Waals surface area contributed by atoms with Crippen LogP contribution in [0.3, 0.4) is 0 Å². The molecule has 0 aliphatic carbocycles. The highest BCUT2D eigenvalue weighted by Gasteiger charge is 2.33. The van der Waals surface area contributed by atoms with Crippen molar-refractivity contribution in [3.8, 4) is 0 Å². The monoisotopic (exact) mass is 235 g/mol. The van der Waals surface area contributed by atoms with E-state index in [2.05, 4.69) is 10.3 Å². The first kappa shape index (κ1) is 13.6. The zero-order valence-electron chi connectivity index (χ0n) is 10.8. The number of carbonyl (C=O) groups excluding carboxylic acids is 1. The topological polar surface area (TPSA) is 68.0 Å². The predicted molar refractivity (Wildman–Crippen MR) is 69.7 cm³/mol. The summed E-state index contributed by atoms with van der Waals surface area (Å²) in [5.41, 5.74) is 6.32. The highest BCUT2D eigenvalue weighted by atomic mass is 16.2. The Morgan fingerprint density at radius 3 is 2.47 bits per heavy atom. The van der Waals surface area contributed by atoms with E-state index in [9.17, 15) is 4.79 Å². The quantitative estimate of drug-likeness (QED) is 0.821. The number of hydrogen-bond donors (Lipinski definition) is 2. The summed E-state index contributed by atoms with van der Waals surface area (Å²) in [7, 11) is 0. The van der Waals surface area contributed by atoms with Gasteiger partial charge in [0.15, 0.2) is 0 Å². The van der Waals surface area contributed by atoms with Crippen molar-refractivity contribution in [3.63, 3.8) is 0 Å². The molecule has 94 valence electrons. The third kappa shape index (κ3) is 3.03. The number of nitrogens with two attached hydrogens (primary N) is 1. The number of aryl methyl sites for hydroxylation is 1. The Balaban J connectivity index is 2.80. The molecule has 4 nitrogen and oxygen atoms in total. The summed E-state index contributed by atoms with van der Waals surface area (Å²) in [5, 5.41) is 2.83. The highest BCUT2D eigenvalue weighted by Crippen LogP contribution is 2.26. The van der Waals surface area contributed by atoms with Crippen molar-refractivity contribution >= 4 is 11.7 Å². The minimum atomic E-state index is -0.480. The summed E-state index contributed by atoms with van der Waals surface area (Å²) in [4.78, 5) is 16.3. The zero-order valence-corrected chi connectivity index (χ0v) is 10.8. The molecule has 0 radical (unpaired) electrons. The van der Waals surface area contributed by atoms with E-state index < -0.39 is 5.41 Å². The largest absolute Gasteiger partial charge is 0.329 e. The molecule has 4 heteroatoms. The number of aromatic nitrogens is 1. The van der Waals surface area contributed by atoms with Crippen LogP contribution in [0.25, 0.3) is 0 Å². The minimum absolute atomic E-state index is 0.0404. The van der Waals surface area contributed by atoms with E-state index in [0.29, 0.717) is 12.4 Å². The molecule has 0 aromatic carbocycles. The molecule has 1 aromatic rings. The SMILES string of the molecule is CCC(CC)(CN)C(=O)Nc1ccc(C)cn1. The lowest BCUT2D eigenvalue weighted by Gasteiger charge is -2.28. The van der Waals surface area contributed by atoms with Gasteiger partial charge in [0.1, 0.15) is 5.82 Å². The van der Waals surface area contributed by atoms with Gasteiger partial charge in [0.2, 0.25) is 5.91 Å². The van der Waals surface area contributed by atoms with Gasteiger partial charge >= 0.3 is 0 Å². The van der Waals surface area contributed by atoms with Gasteiger partial charge in [0.05, 0.1) is 5.41 Å². The fourth-order valence-corrected chi connectivity index (χ4v) is 1.74. The van der Waals surface area contributed by atoms with Crippen LogP contribution in [0.1, 0.15) is 32.3 Å². The smallest absolute Gasteiger partial charge is 0.233 e. The van der Waals surface area contributed by atoms with Gasteiger partial charge in [0.25, 0.3) is 0 Å². The molecule has 0 atom stereocenters. The van der Waals surface area contributed by atoms with E-state index in [0.717, 1.165) is 18.4 Å². The second-order valence-corrected chi connectivity index (χ2v) is 4.37. The summed E-state index contributed by atoms with van der Waals surface area (Å²) in [6.45, 7) is 6.29. The Bertz CT molecular complexity index is 360. The highest BCUT2D eigenvalue weighted by molar-refractivity contribution is 5.94. The normalized spacial score (nSPS) is 11.3. The lowest BCUT2D eigenvalue weighted by Crippen LogP contribution is -2.41. The summed E-state index contributed by atoms with van der Waals surface area (Å²) >= 11 is 0. The fourth-order valence-electron chi connectivity index (χ4n) is 1.74. The van der Waals surface area contributed by atoms with Gasteiger partial charge in [-0.15, -0.1) is 0 Å². The van der Waals surface area contributed by atoms with Crippen molar-refractivity contribution in [2.45, 2.75) is 33.6 Å². The third-order valence-corrected chi connectivity index (χ3v) is 3.38. The molecular formula is C13H21N3O. The average molecular weight is 235 g/mol. The number of pyridine rings is 1. The maximum Gasteiger partial charge on any atom is 0.233 e. The van der Waals surface area contributed by atoms with E-state index in [-0.39, 0.29) is 5.91 Å². The standard InChI is InChI=1S/C13H21N3O/c1-4-13(5-2,9-14)12(17)16-11-7-6-10(3)8-15-11/h6-8H,4-5,9,14H2,1-3H3,(H,15,16,17). The molecule has 0 saturated heterocycles. The number of anilines is 1. The molecule has 0 aliphatic heterocycles. The molecule has 1 heterocycles. The van der Waals surface area contributed by atoms with Crippen LogP contribution in [0.2, 0.25) is 0 Å². The molecule has 1 aromatic heterocycles. The van der Waals surface area contributed by atoms with Gasteiger partial charge < -0.3 is 11.1 Å². The Labute approximate surface area is 103 Å². The molecule has 1 rings (SSSR count). The summed E-state index contributed by atoms with van der Waals surface area (Å²) in [6.07, 6.45) is 3.20. The molecule has 3 N–H and O–H groups in total. The Hall–Kier alpha value is -1.42. The average Bonchev–Trinajstić information content (AvgIpc) is 2.35. The van der Waals surface area contributed by atoms with Crippen molar-refractivity contribution in [1.29, 1.82) is 0 Å². The van der Waals surface area contributed by atoms with E-state index in [1.807, 2.05) is 26.8 Å². The van der Waals surface area contributed by atoms with Crippen LogP contribution in [-0.2, 0) is 4.79 Å². The van der Waals surface area contributed by atoms with E-state index in [1.54, 1.807) is 12.3 Å². The van der Waals surface area contributed by atoms with Gasteiger partial charge in [-0.1, -0.05) is 19.9 Å². The maximum absolute atomic E-state index is 12.2. The van der Waals surface area contributed by atoms with Crippen molar-refractivity contribution in [2.75, 3.05) is 11.9 Å². The van der Waals surface area contributed by atoms with E-state index in [4.69, 9.17) is 5.73 Å². The van der Waals surface area contributed by atoms with Crippen LogP contribution in [0.15, 0.2) is 18.3 Å². The summed E-state index contributed by atoms with van der Waals surface area (Å²) in [6, 6.07) is 3.73. The molecule has 0 bridgehead atoms. The maximum atomic E-state index is 12.2. The molecule has 0 unspecified atom stereocenters. The minimum Gasteiger partial charge on any atom is -0.329 e. The molecule has 0 fully saturated rings. The van der Waals surface area contributed by atoms with Gasteiger partial charge in [0, 0.05) is 12.7 Å². The number of hydrogen-bond acceptors (Lipinski definition) is 3. The van der Waals surface area contributed by atoms with Crippen LogP contribution in [0.4, 0.5) is 5.82 Å². The lowest BCUT2D eigenvalue weighted by molar-refractivity contribution is -0.125. The summed E-state index contributed by atoms with van der Waals surface area (Å²) < 4.78 is 0. The molecule has 17 heavy (non-hydrogen) atoms. The Morgan fingerprint density at radius 1 is 1.41 bits per heavy atom. The third-order valence-electron chi connectivity index (χ3n) is 3.38. The molecule has 1 amide bonds. The van der Waals surface area contributed by atoms with Crippen molar-refractivity contribution in [2.24, 2.45) is 11.1 Å². The zero-order chi connectivity index (χ0) is 12.9. The second kappa shape index (κ2) is 5.77. The lowest BCUT2D eigenvalue weighted by atomic mass is 9.81. The van der Waals surface area contributed by atoms with Crippen LogP contribution >= 0.6 is 0 Å². The van der Waals surface area contributed by atoms with Gasteiger partial charge in [-0.2, -0.15) is 0 Å². The fraction of sp³-hybridized carbons (Fsp3) is 0.538. The summed E-state index contributed by atoms with van der Waals surface area (Å²) in [5.74, 6) is 0.543. The van der Waals surface area contributed by atoms with Crippen molar-refractivity contribution in [3.05, 3.63) is 23.9 Å². The van der Waals surface area contributed by atoms with Crippen LogP contribution < -0.4 is 11.1 Å². The number of amides is 1. The van der Waals surface area contributed by atoms with Crippen LogP contribution in [-0.4, -0.2) is 17.4 Å². The second-order valence-electron chi connectivity index (χ2n) is 4.37. The number of carbonyl (C=O) groups is 1. The van der Waals surface area contributed by atoms with Crippen molar-refractivity contribution in [1.82, 2.24) is 4.98 Å². The molecule has 0 spiro atoms. The Kier molecular flexibility index (Phi) is 4.63. The first-order valence-corrected chi connectivity index (χ1v) is 6.02. The van der Waals surface area contributed by atoms with Gasteiger partial charge in [-0.3, -0.25) is 4.79 Å². The van der Waals surface area contributed by atoms with E-state index >= 15 is 0 Å². The molecule has 0 saturated carbocycles. The van der Waals surface area contributed by atoms with Crippen LogP contribution in [0, 0.1) is 12.3 Å². The first-order chi connectivity index (χ1) is 8.07. The molecule has 0 aliphatic rings. The number of nitrogens with one attached hydrogen (secondary N) is 1. The van der Waals surface area contributed by atoms with Crippen LogP contribution in [0.5, 0.6) is 0 Å². The predicted octanol–water partition coefficient (Wildman–Crippen LogP) is 2.09. The number of nitrogens with zero attached hydrogens (tertiary/aromatic N) is 1. The van der Waals surface area contributed by atoms with Crippen molar-refractivity contribution < 1.29 is 4.79 Å². The first-order valence-electron chi connectivity index (χ1n) is 6.02. The molecular weight excluding hydrogens is 214 g/mol. The van der Waals surface area contributed by atoms with Gasteiger partial charge in [-0.25, -0.2) is 4.98 Å². The van der Waals surface area contributed by atoms with E-state index in [1.165, 1.54) is 0 Å².